The van der Waals surface area contributed by atoms with Crippen molar-refractivity contribution in [2.45, 2.75) is 123 Å². The number of nitrogens with one attached hydrogen (secondary N) is 2. The van der Waals surface area contributed by atoms with Crippen LogP contribution in [-0.2, 0) is 19.0 Å². The van der Waals surface area contributed by atoms with E-state index in [2.05, 4.69) is 10.6 Å². The molecule has 2 aliphatic carbocycles. The molecule has 2 saturated carbocycles. The summed E-state index contributed by atoms with van der Waals surface area (Å²) in [5.74, 6) is -1.74. The van der Waals surface area contributed by atoms with Crippen LogP contribution in [-0.4, -0.2) is 165 Å². The van der Waals surface area contributed by atoms with Gasteiger partial charge in [0, 0.05) is 37.4 Å². The van der Waals surface area contributed by atoms with Crippen LogP contribution >= 0.6 is 0 Å². The zero-order chi connectivity index (χ0) is 32.5. The summed E-state index contributed by atoms with van der Waals surface area (Å²) in [5.41, 5.74) is 28.1. The lowest BCUT2D eigenvalue weighted by atomic mass is 9.70. The van der Waals surface area contributed by atoms with Crippen LogP contribution < -0.4 is 39.3 Å². The van der Waals surface area contributed by atoms with Crippen molar-refractivity contribution in [3.8, 4) is 0 Å². The second-order valence-electron chi connectivity index (χ2n) is 12.6. The molecule has 44 heavy (non-hydrogen) atoms. The van der Waals surface area contributed by atoms with E-state index < -0.39 is 109 Å². The molecule has 18 nitrogen and oxygen atoms in total. The van der Waals surface area contributed by atoms with Gasteiger partial charge in [0.05, 0.1) is 43.0 Å². The third-order valence-electron chi connectivity index (χ3n) is 9.47. The average molecular weight is 638 g/mol. The fourth-order valence-electron chi connectivity index (χ4n) is 6.85. The van der Waals surface area contributed by atoms with Gasteiger partial charge in [-0.05, 0) is 25.9 Å². The first-order chi connectivity index (χ1) is 20.8. The van der Waals surface area contributed by atoms with Crippen LogP contribution in [0, 0.1) is 5.92 Å². The topological polar surface area (TPSA) is 341 Å². The Bertz CT molecular complexity index is 950. The van der Waals surface area contributed by atoms with Crippen molar-refractivity contribution in [2.24, 2.45) is 34.6 Å². The van der Waals surface area contributed by atoms with E-state index in [9.17, 15) is 40.5 Å². The first kappa shape index (κ1) is 35.7. The second kappa shape index (κ2) is 14.7. The monoisotopic (exact) mass is 637 g/mol. The highest BCUT2D eigenvalue weighted by Gasteiger charge is 2.57. The van der Waals surface area contributed by atoms with Gasteiger partial charge in [0.2, 0.25) is 0 Å². The number of amides is 1. The summed E-state index contributed by atoms with van der Waals surface area (Å²) in [6, 6.07) is -4.49. The number of rotatable bonds is 11. The Labute approximate surface area is 255 Å². The molecule has 15 atom stereocenters. The molecule has 1 amide bonds. The molecule has 4 aliphatic rings. The maximum atomic E-state index is 13.1. The fourth-order valence-corrected chi connectivity index (χ4v) is 6.85. The quantitative estimate of drug-likeness (QED) is 0.0935. The van der Waals surface area contributed by atoms with Crippen LogP contribution in [0.5, 0.6) is 0 Å². The Balaban J connectivity index is 1.64. The van der Waals surface area contributed by atoms with Crippen molar-refractivity contribution >= 4 is 5.91 Å². The minimum atomic E-state index is -1.73. The fraction of sp³-hybridized carbons (Fsp3) is 0.962. The van der Waals surface area contributed by atoms with Gasteiger partial charge in [-0.1, -0.05) is 0 Å². The molecular formula is C26H51N7O11. The number of hydrogen-bond acceptors (Lipinski definition) is 17. The van der Waals surface area contributed by atoms with E-state index in [1.165, 1.54) is 0 Å². The minimum Gasteiger partial charge on any atom is -0.394 e. The normalized spacial score (nSPS) is 49.7. The van der Waals surface area contributed by atoms with Crippen molar-refractivity contribution < 1.29 is 54.8 Å². The molecule has 0 aromatic rings. The number of nitrogens with two attached hydrogens (primary N) is 5. The van der Waals surface area contributed by atoms with Crippen molar-refractivity contribution in [3.63, 3.8) is 0 Å². The SMILES string of the molecule is NCCCNC1C(O)C(O)C(CN)OC1C1C(N)CC(NC(=O)C2(O)CC(N)C2)C(OC2OC(CO)C(O)C(N)C2O)C1O. The number of hydrogen-bond donors (Lipinski definition) is 14. The van der Waals surface area contributed by atoms with E-state index in [0.29, 0.717) is 19.5 Å². The van der Waals surface area contributed by atoms with Gasteiger partial charge in [-0.25, -0.2) is 0 Å². The number of carbonyl (C=O) groups excluding carboxylic acids is 1. The van der Waals surface area contributed by atoms with Crippen molar-refractivity contribution in [1.82, 2.24) is 10.6 Å². The number of carbonyl (C=O) groups is 1. The van der Waals surface area contributed by atoms with Crippen LogP contribution in [0.2, 0.25) is 0 Å². The maximum Gasteiger partial charge on any atom is 0.252 e. The average Bonchev–Trinajstić information content (AvgIpc) is 2.97. The summed E-state index contributed by atoms with van der Waals surface area (Å²) < 4.78 is 17.8. The number of aliphatic hydroxyl groups excluding tert-OH is 6. The Morgan fingerprint density at radius 1 is 0.932 bits per heavy atom. The molecule has 0 aromatic carbocycles. The number of ether oxygens (including phenoxy) is 3. The van der Waals surface area contributed by atoms with Crippen LogP contribution in [0.3, 0.4) is 0 Å². The summed E-state index contributed by atoms with van der Waals surface area (Å²) >= 11 is 0. The molecule has 2 heterocycles. The second-order valence-corrected chi connectivity index (χ2v) is 12.6. The van der Waals surface area contributed by atoms with Crippen LogP contribution in [0.25, 0.3) is 0 Å². The molecule has 2 saturated heterocycles. The van der Waals surface area contributed by atoms with Crippen LogP contribution in [0.15, 0.2) is 0 Å². The lowest BCUT2D eigenvalue weighted by molar-refractivity contribution is -0.308. The lowest BCUT2D eigenvalue weighted by Crippen LogP contribution is -2.73. The van der Waals surface area contributed by atoms with Crippen molar-refractivity contribution in [2.75, 3.05) is 26.2 Å². The van der Waals surface area contributed by atoms with E-state index >= 15 is 0 Å². The van der Waals surface area contributed by atoms with Gasteiger partial charge < -0.3 is 89.3 Å². The minimum absolute atomic E-state index is 0.0242. The molecule has 256 valence electrons. The molecular weight excluding hydrogens is 586 g/mol. The van der Waals surface area contributed by atoms with Crippen LogP contribution in [0.4, 0.5) is 0 Å². The lowest BCUT2D eigenvalue weighted by Gasteiger charge is -2.53. The summed E-state index contributed by atoms with van der Waals surface area (Å²) in [6.07, 6.45) is -12.9. The van der Waals surface area contributed by atoms with Gasteiger partial charge in [-0.3, -0.25) is 4.79 Å². The Hall–Kier alpha value is -1.17. The highest BCUT2D eigenvalue weighted by Crippen LogP contribution is 2.38. The van der Waals surface area contributed by atoms with E-state index in [1.54, 1.807) is 0 Å². The summed E-state index contributed by atoms with van der Waals surface area (Å²) in [6.45, 7) is -0.0972. The molecule has 4 fully saturated rings. The zero-order valence-corrected chi connectivity index (χ0v) is 24.5. The smallest absolute Gasteiger partial charge is 0.252 e. The molecule has 0 radical (unpaired) electrons. The molecule has 0 bridgehead atoms. The van der Waals surface area contributed by atoms with Crippen molar-refractivity contribution in [3.05, 3.63) is 0 Å². The third kappa shape index (κ3) is 7.05. The summed E-state index contributed by atoms with van der Waals surface area (Å²) in [4.78, 5) is 13.1. The molecule has 0 spiro atoms. The summed E-state index contributed by atoms with van der Waals surface area (Å²) in [7, 11) is 0. The molecule has 0 aromatic heterocycles. The van der Waals surface area contributed by atoms with Gasteiger partial charge in [-0.2, -0.15) is 0 Å². The first-order valence-electron chi connectivity index (χ1n) is 15.2. The van der Waals surface area contributed by atoms with Gasteiger partial charge in [0.1, 0.15) is 42.2 Å². The highest BCUT2D eigenvalue weighted by atomic mass is 16.7. The molecule has 4 rings (SSSR count). The first-order valence-corrected chi connectivity index (χ1v) is 15.2. The number of aliphatic hydroxyl groups is 7. The molecule has 19 N–H and O–H groups in total. The molecule has 18 heteroatoms. The maximum absolute atomic E-state index is 13.1. The van der Waals surface area contributed by atoms with Gasteiger partial charge in [0.25, 0.3) is 5.91 Å². The Morgan fingerprint density at radius 3 is 2.20 bits per heavy atom. The third-order valence-corrected chi connectivity index (χ3v) is 9.47. The largest absolute Gasteiger partial charge is 0.394 e. The van der Waals surface area contributed by atoms with E-state index in [1.807, 2.05) is 0 Å². The predicted molar refractivity (Wildman–Crippen MR) is 152 cm³/mol. The van der Waals surface area contributed by atoms with Gasteiger partial charge >= 0.3 is 0 Å². The van der Waals surface area contributed by atoms with Crippen LogP contribution in [0.1, 0.15) is 25.7 Å². The predicted octanol–water partition coefficient (Wildman–Crippen LogP) is -8.06. The molecule has 15 unspecified atom stereocenters. The Kier molecular flexibility index (Phi) is 11.9. The standard InChI is InChI=1S/C26H51N7O11/c27-2-1-3-32-16-21(39)18(36)12(7-28)42-23(16)14-10(30)4-11(33-25(40)26(41)5-9(29)6-26)22(19(14)37)44-24-20(38)15(31)17(35)13(8-34)43-24/h9-24,32,34-39,41H,1-8,27-31H2,(H,33,40). The van der Waals surface area contributed by atoms with Crippen molar-refractivity contribution in [1.29, 1.82) is 0 Å². The van der Waals surface area contributed by atoms with Gasteiger partial charge in [-0.15, -0.1) is 0 Å². The molecule has 2 aliphatic heterocycles. The zero-order valence-electron chi connectivity index (χ0n) is 24.5. The van der Waals surface area contributed by atoms with Gasteiger partial charge in [0.15, 0.2) is 6.29 Å². The highest BCUT2D eigenvalue weighted by molar-refractivity contribution is 5.86. The van der Waals surface area contributed by atoms with E-state index in [-0.39, 0.29) is 31.8 Å². The van der Waals surface area contributed by atoms with E-state index in [4.69, 9.17) is 42.9 Å². The summed E-state index contributed by atoms with van der Waals surface area (Å²) in [5, 5.41) is 80.9. The Morgan fingerprint density at radius 2 is 1.61 bits per heavy atom. The van der Waals surface area contributed by atoms with E-state index in [0.717, 1.165) is 0 Å².